The monoisotopic (exact) mass is 483 g/mol. The molecule has 1 fully saturated rings. The van der Waals surface area contributed by atoms with Gasteiger partial charge in [0.25, 0.3) is 5.91 Å². The first-order valence-electron chi connectivity index (χ1n) is 11.9. The first-order chi connectivity index (χ1) is 16.7. The number of phenols is 1. The molecule has 35 heavy (non-hydrogen) atoms. The summed E-state index contributed by atoms with van der Waals surface area (Å²) in [5.41, 5.74) is 1.95. The first-order valence-corrected chi connectivity index (χ1v) is 11.9. The summed E-state index contributed by atoms with van der Waals surface area (Å²) < 4.78 is 6.21. The Morgan fingerprint density at radius 2 is 1.77 bits per heavy atom. The highest BCUT2D eigenvalue weighted by Gasteiger charge is 2.42. The number of aliphatic hydroxyl groups is 1. The molecule has 2 aliphatic heterocycles. The number of hydrogen-bond donors (Lipinski definition) is 3. The number of aromatic nitrogens is 2. The van der Waals surface area contributed by atoms with E-state index < -0.39 is 24.2 Å². The largest absolute Gasteiger partial charge is 0.507 e. The Morgan fingerprint density at radius 3 is 2.40 bits per heavy atom. The minimum atomic E-state index is -1.20. The Labute approximate surface area is 204 Å². The minimum absolute atomic E-state index is 0.253. The molecule has 0 aliphatic carbocycles. The summed E-state index contributed by atoms with van der Waals surface area (Å²) in [7, 11) is 0. The molecule has 0 bridgehead atoms. The fourth-order valence-corrected chi connectivity index (χ4v) is 4.71. The summed E-state index contributed by atoms with van der Waals surface area (Å²) in [6.45, 7) is 8.70. The molecule has 2 amide bonds. The third-order valence-corrected chi connectivity index (χ3v) is 7.21. The summed E-state index contributed by atoms with van der Waals surface area (Å²) in [5, 5.41) is 23.0. The van der Waals surface area contributed by atoms with Crippen LogP contribution in [0.2, 0.25) is 0 Å². The van der Waals surface area contributed by atoms with Crippen molar-refractivity contribution in [1.29, 1.82) is 0 Å². The number of fused-ring (bicyclic) bond motifs is 1. The lowest BCUT2D eigenvalue weighted by molar-refractivity contribution is -0.144. The molecule has 3 heterocycles. The zero-order chi connectivity index (χ0) is 25.3. The van der Waals surface area contributed by atoms with Crippen LogP contribution < -0.4 is 15.0 Å². The number of carbonyl (C=O) groups excluding carboxylic acids is 2. The molecule has 0 radical (unpaired) electrons. The Bertz CT molecular complexity index is 1120. The normalized spacial score (nSPS) is 20.6. The quantitative estimate of drug-likeness (QED) is 0.575. The third kappa shape index (κ3) is 4.62. The van der Waals surface area contributed by atoms with Gasteiger partial charge in [-0.2, -0.15) is 0 Å². The van der Waals surface area contributed by atoms with Crippen molar-refractivity contribution in [3.63, 3.8) is 0 Å². The average molecular weight is 484 g/mol. The summed E-state index contributed by atoms with van der Waals surface area (Å²) in [5.74, 6) is 0.690. The molecule has 3 N–H and O–H groups in total. The number of nitrogens with zero attached hydrogens (tertiary/aromatic N) is 4. The lowest BCUT2D eigenvalue weighted by Crippen LogP contribution is -2.60. The molecule has 0 spiro atoms. The van der Waals surface area contributed by atoms with Gasteiger partial charge in [0, 0.05) is 50.6 Å². The van der Waals surface area contributed by atoms with Crippen LogP contribution in [0.15, 0.2) is 18.5 Å². The number of phenolic OH excluding ortho intramolecular Hbond substituents is 1. The molecule has 1 aromatic heterocycles. The van der Waals surface area contributed by atoms with Gasteiger partial charge in [0.1, 0.15) is 17.5 Å². The molecule has 0 saturated carbocycles. The number of aliphatic hydroxyl groups excluding tert-OH is 1. The molecule has 4 rings (SSSR count). The number of aromatic hydroxyl groups is 1. The van der Waals surface area contributed by atoms with Crippen LogP contribution in [0.1, 0.15) is 35.6 Å². The molecule has 2 aliphatic rings. The van der Waals surface area contributed by atoms with Crippen LogP contribution in [0, 0.1) is 20.8 Å². The van der Waals surface area contributed by atoms with Crippen molar-refractivity contribution in [1.82, 2.24) is 20.2 Å². The van der Waals surface area contributed by atoms with E-state index in [-0.39, 0.29) is 11.7 Å². The second kappa shape index (κ2) is 9.69. The highest BCUT2D eigenvalue weighted by molar-refractivity contribution is 5.92. The molecule has 1 unspecified atom stereocenters. The molecule has 2 atom stereocenters. The third-order valence-electron chi connectivity index (χ3n) is 7.21. The lowest BCUT2D eigenvalue weighted by atomic mass is 9.86. The fraction of sp³-hybridized carbons (Fsp3) is 0.520. The van der Waals surface area contributed by atoms with Crippen LogP contribution in [0.4, 0.5) is 5.95 Å². The Kier molecular flexibility index (Phi) is 6.84. The van der Waals surface area contributed by atoms with Crippen molar-refractivity contribution in [2.45, 2.75) is 52.2 Å². The van der Waals surface area contributed by atoms with Gasteiger partial charge in [0.05, 0.1) is 6.61 Å². The van der Waals surface area contributed by atoms with E-state index >= 15 is 0 Å². The van der Waals surface area contributed by atoms with Crippen molar-refractivity contribution in [3.05, 3.63) is 40.7 Å². The van der Waals surface area contributed by atoms with E-state index in [1.165, 1.54) is 0 Å². The lowest BCUT2D eigenvalue weighted by Gasteiger charge is -2.38. The molecule has 10 heteroatoms. The van der Waals surface area contributed by atoms with E-state index in [1.54, 1.807) is 30.3 Å². The number of benzene rings is 1. The van der Waals surface area contributed by atoms with Gasteiger partial charge in [-0.25, -0.2) is 9.97 Å². The Hall–Kier alpha value is -3.40. The summed E-state index contributed by atoms with van der Waals surface area (Å²) in [4.78, 5) is 38.5. The van der Waals surface area contributed by atoms with Crippen molar-refractivity contribution < 1.29 is 24.5 Å². The van der Waals surface area contributed by atoms with E-state index in [2.05, 4.69) is 15.3 Å². The van der Waals surface area contributed by atoms with Gasteiger partial charge < -0.3 is 30.1 Å². The number of carbonyl (C=O) groups is 2. The first kappa shape index (κ1) is 24.7. The predicted molar refractivity (Wildman–Crippen MR) is 130 cm³/mol. The van der Waals surface area contributed by atoms with Crippen molar-refractivity contribution >= 4 is 17.8 Å². The zero-order valence-corrected chi connectivity index (χ0v) is 20.7. The number of piperazine rings is 1. The van der Waals surface area contributed by atoms with Crippen LogP contribution >= 0.6 is 0 Å². The van der Waals surface area contributed by atoms with E-state index in [1.807, 2.05) is 25.7 Å². The van der Waals surface area contributed by atoms with Crippen molar-refractivity contribution in [3.8, 4) is 11.5 Å². The maximum atomic E-state index is 13.3. The summed E-state index contributed by atoms with van der Waals surface area (Å²) >= 11 is 0. The highest BCUT2D eigenvalue weighted by Crippen LogP contribution is 2.43. The van der Waals surface area contributed by atoms with Crippen molar-refractivity contribution in [2.75, 3.05) is 37.7 Å². The second-order valence-corrected chi connectivity index (χ2v) is 9.43. The zero-order valence-electron chi connectivity index (χ0n) is 20.7. The number of ether oxygens (including phenoxy) is 1. The van der Waals surface area contributed by atoms with Gasteiger partial charge in [0.2, 0.25) is 11.9 Å². The van der Waals surface area contributed by atoms with Gasteiger partial charge >= 0.3 is 0 Å². The predicted octanol–water partition coefficient (Wildman–Crippen LogP) is 1.02. The number of amides is 2. The van der Waals surface area contributed by atoms with Gasteiger partial charge in [-0.1, -0.05) is 0 Å². The summed E-state index contributed by atoms with van der Waals surface area (Å²) in [6, 6.07) is 0.689. The highest BCUT2D eigenvalue weighted by atomic mass is 16.5. The maximum Gasteiger partial charge on any atom is 0.264 e. The second-order valence-electron chi connectivity index (χ2n) is 9.43. The Morgan fingerprint density at radius 1 is 1.11 bits per heavy atom. The van der Waals surface area contributed by atoms with Gasteiger partial charge in [0.15, 0.2) is 5.60 Å². The van der Waals surface area contributed by atoms with Gasteiger partial charge in [-0.15, -0.1) is 0 Å². The van der Waals surface area contributed by atoms with Crippen molar-refractivity contribution in [2.24, 2.45) is 0 Å². The smallest absolute Gasteiger partial charge is 0.264 e. The van der Waals surface area contributed by atoms with E-state index in [0.717, 1.165) is 22.3 Å². The number of nitrogens with one attached hydrogen (secondary N) is 1. The van der Waals surface area contributed by atoms with Gasteiger partial charge in [-0.05, 0) is 56.9 Å². The molecular formula is C25H33N5O5. The average Bonchev–Trinajstić information content (AvgIpc) is 2.89. The standard InChI is InChI=1S/C25H33N5O5/c1-15-16(2)21-18(17(3)20(15)32)6-7-25(4,35-21)23(34)28-19(14-31)22(33)29-10-12-30(13-11-29)24-26-8-5-9-27-24/h5,8-9,19,31-32H,6-7,10-14H2,1-4H3,(H,28,34)/t19-,25?/m0/s1. The number of anilines is 1. The fourth-order valence-electron chi connectivity index (χ4n) is 4.71. The number of hydrogen-bond acceptors (Lipinski definition) is 8. The van der Waals surface area contributed by atoms with Crippen LogP contribution in [0.5, 0.6) is 11.5 Å². The Balaban J connectivity index is 1.42. The van der Waals surface area contributed by atoms with Crippen LogP contribution in [-0.2, 0) is 16.0 Å². The van der Waals surface area contributed by atoms with E-state index in [4.69, 9.17) is 4.74 Å². The topological polar surface area (TPSA) is 128 Å². The summed E-state index contributed by atoms with van der Waals surface area (Å²) in [6.07, 6.45) is 4.30. The molecule has 188 valence electrons. The van der Waals surface area contributed by atoms with Crippen LogP contribution in [0.25, 0.3) is 0 Å². The molecule has 10 nitrogen and oxygen atoms in total. The van der Waals surface area contributed by atoms with Gasteiger partial charge in [-0.3, -0.25) is 9.59 Å². The molecule has 1 aromatic carbocycles. The molecule has 2 aromatic rings. The maximum absolute atomic E-state index is 13.3. The SMILES string of the molecule is Cc1c(C)c2c(c(C)c1O)CCC(C)(C(=O)N[C@@H](CO)C(=O)N1CCN(c3ncccn3)CC1)O2. The van der Waals surface area contributed by atoms with Crippen LogP contribution in [0.3, 0.4) is 0 Å². The van der Waals surface area contributed by atoms with E-state index in [0.29, 0.717) is 50.7 Å². The number of rotatable bonds is 5. The van der Waals surface area contributed by atoms with Crippen LogP contribution in [-0.4, -0.2) is 81.3 Å². The molecular weight excluding hydrogens is 450 g/mol. The van der Waals surface area contributed by atoms with E-state index in [9.17, 15) is 19.8 Å². The minimum Gasteiger partial charge on any atom is -0.507 e. The molecule has 1 saturated heterocycles.